The Morgan fingerprint density at radius 2 is 1.60 bits per heavy atom. The van der Waals surface area contributed by atoms with Crippen LogP contribution in [-0.4, -0.2) is 33.9 Å². The van der Waals surface area contributed by atoms with E-state index in [4.69, 9.17) is 16.7 Å². The van der Waals surface area contributed by atoms with Gasteiger partial charge in [0, 0.05) is 34.1 Å². The molecule has 1 amide bonds. The Hall–Kier alpha value is -4.89. The summed E-state index contributed by atoms with van der Waals surface area (Å²) in [6.07, 6.45) is -2.89. The fourth-order valence-corrected chi connectivity index (χ4v) is 5.87. The first-order valence-corrected chi connectivity index (χ1v) is 15.5. The molecule has 10 heteroatoms. The first kappa shape index (κ1) is 33.5. The number of amides is 1. The molecule has 0 aliphatic rings. The number of carboxylic acids is 1. The number of hydrogen-bond donors (Lipinski definition) is 2. The van der Waals surface area contributed by atoms with E-state index in [0.717, 1.165) is 35.0 Å². The van der Waals surface area contributed by atoms with Gasteiger partial charge < -0.3 is 15.0 Å². The highest BCUT2D eigenvalue weighted by atomic mass is 35.5. The molecule has 47 heavy (non-hydrogen) atoms. The summed E-state index contributed by atoms with van der Waals surface area (Å²) < 4.78 is 42.2. The van der Waals surface area contributed by atoms with Gasteiger partial charge in [0.25, 0.3) is 5.91 Å². The fourth-order valence-electron chi connectivity index (χ4n) is 5.69. The predicted octanol–water partition coefficient (Wildman–Crippen LogP) is 9.02. The van der Waals surface area contributed by atoms with Gasteiger partial charge in [0.1, 0.15) is 0 Å². The van der Waals surface area contributed by atoms with Gasteiger partial charge in [0.2, 0.25) is 0 Å². The molecule has 0 saturated heterocycles. The molecule has 0 saturated carbocycles. The van der Waals surface area contributed by atoms with Crippen molar-refractivity contribution in [2.24, 2.45) is 5.92 Å². The van der Waals surface area contributed by atoms with Crippen LogP contribution in [0.4, 0.5) is 13.2 Å². The van der Waals surface area contributed by atoms with Crippen LogP contribution in [0.3, 0.4) is 0 Å². The number of ketones is 1. The maximum atomic E-state index is 14.4. The number of fused-ring (bicyclic) bond motifs is 1. The molecule has 2 N–H and O–H groups in total. The molecule has 0 radical (unpaired) electrons. The highest BCUT2D eigenvalue weighted by molar-refractivity contribution is 6.31. The minimum absolute atomic E-state index is 0.0189. The Kier molecular flexibility index (Phi) is 10.2. The van der Waals surface area contributed by atoms with E-state index < -0.39 is 23.6 Å². The Morgan fingerprint density at radius 1 is 0.894 bits per heavy atom. The Labute approximate surface area is 274 Å². The van der Waals surface area contributed by atoms with E-state index in [9.17, 15) is 27.6 Å². The van der Waals surface area contributed by atoms with Crippen LogP contribution >= 0.6 is 11.6 Å². The van der Waals surface area contributed by atoms with E-state index in [-0.39, 0.29) is 24.7 Å². The lowest BCUT2D eigenvalue weighted by atomic mass is 9.89. The molecular weight excluding hydrogens is 629 g/mol. The van der Waals surface area contributed by atoms with E-state index in [2.05, 4.69) is 5.32 Å². The number of aliphatic carboxylic acids is 1. The number of halogens is 4. The minimum atomic E-state index is -4.48. The molecule has 242 valence electrons. The molecule has 1 unspecified atom stereocenters. The van der Waals surface area contributed by atoms with Gasteiger partial charge in [-0.25, -0.2) is 0 Å². The number of nitrogens with zero attached hydrogens (tertiary/aromatic N) is 1. The zero-order valence-corrected chi connectivity index (χ0v) is 26.2. The van der Waals surface area contributed by atoms with E-state index in [1.165, 1.54) is 6.07 Å². The van der Waals surface area contributed by atoms with E-state index in [1.807, 2.05) is 23.6 Å². The van der Waals surface area contributed by atoms with Crippen molar-refractivity contribution in [1.82, 2.24) is 9.88 Å². The van der Waals surface area contributed by atoms with Crippen LogP contribution in [0.5, 0.6) is 0 Å². The number of alkyl halides is 3. The number of hydrogen-bond acceptors (Lipinski definition) is 3. The number of carbonyl (C=O) groups is 3. The maximum absolute atomic E-state index is 14.4. The third kappa shape index (κ3) is 7.92. The van der Waals surface area contributed by atoms with Crippen molar-refractivity contribution >= 4 is 40.2 Å². The number of benzene rings is 4. The lowest BCUT2D eigenvalue weighted by Crippen LogP contribution is -2.26. The Morgan fingerprint density at radius 3 is 2.28 bits per heavy atom. The second-order valence-corrected chi connectivity index (χ2v) is 11.8. The topological polar surface area (TPSA) is 88.4 Å². The van der Waals surface area contributed by atoms with Gasteiger partial charge in [-0.3, -0.25) is 14.4 Å². The van der Waals surface area contributed by atoms with Gasteiger partial charge in [-0.15, -0.1) is 0 Å². The monoisotopic (exact) mass is 660 g/mol. The van der Waals surface area contributed by atoms with Gasteiger partial charge >= 0.3 is 12.1 Å². The summed E-state index contributed by atoms with van der Waals surface area (Å²) in [6, 6.07) is 26.2. The van der Waals surface area contributed by atoms with Crippen LogP contribution in [0.15, 0.2) is 97.1 Å². The second-order valence-electron chi connectivity index (χ2n) is 11.3. The van der Waals surface area contributed by atoms with Crippen molar-refractivity contribution in [2.75, 3.05) is 6.54 Å². The first-order chi connectivity index (χ1) is 22.4. The van der Waals surface area contributed by atoms with Crippen molar-refractivity contribution in [3.8, 4) is 16.8 Å². The maximum Gasteiger partial charge on any atom is 0.416 e. The second kappa shape index (κ2) is 14.3. The molecule has 5 rings (SSSR count). The molecule has 1 heterocycles. The van der Waals surface area contributed by atoms with Crippen LogP contribution in [0.25, 0.3) is 27.7 Å². The van der Waals surface area contributed by atoms with Gasteiger partial charge in [-0.05, 0) is 90.2 Å². The molecule has 1 aromatic heterocycles. The zero-order valence-electron chi connectivity index (χ0n) is 25.5. The Balaban J connectivity index is 1.48. The molecule has 0 bridgehead atoms. The summed E-state index contributed by atoms with van der Waals surface area (Å²) in [5.41, 5.74) is 3.24. The summed E-state index contributed by atoms with van der Waals surface area (Å²) in [4.78, 5) is 37.5. The molecule has 0 aliphatic carbocycles. The van der Waals surface area contributed by atoms with Crippen LogP contribution in [0, 0.1) is 5.92 Å². The summed E-state index contributed by atoms with van der Waals surface area (Å²) >= 11 is 6.32. The molecule has 5 aromatic rings. The molecule has 0 fully saturated rings. The third-order valence-corrected chi connectivity index (χ3v) is 8.21. The van der Waals surface area contributed by atoms with E-state index in [1.54, 1.807) is 66.7 Å². The van der Waals surface area contributed by atoms with E-state index in [0.29, 0.717) is 45.9 Å². The Bertz CT molecular complexity index is 1930. The molecule has 0 spiro atoms. The van der Waals surface area contributed by atoms with Gasteiger partial charge in [0.15, 0.2) is 5.78 Å². The predicted molar refractivity (Wildman–Crippen MR) is 176 cm³/mol. The highest BCUT2D eigenvalue weighted by Gasteiger charge is 2.30. The molecular formula is C37H32ClF3N2O4. The van der Waals surface area contributed by atoms with Crippen LogP contribution in [0.2, 0.25) is 5.02 Å². The van der Waals surface area contributed by atoms with E-state index >= 15 is 0 Å². The van der Waals surface area contributed by atoms with Crippen LogP contribution < -0.4 is 5.32 Å². The zero-order chi connectivity index (χ0) is 33.7. The van der Waals surface area contributed by atoms with Crippen molar-refractivity contribution in [3.05, 3.63) is 124 Å². The lowest BCUT2D eigenvalue weighted by Gasteiger charge is -2.18. The van der Waals surface area contributed by atoms with Gasteiger partial charge in [0.05, 0.1) is 23.2 Å². The van der Waals surface area contributed by atoms with Crippen molar-refractivity contribution < 1.29 is 32.7 Å². The average Bonchev–Trinajstić information content (AvgIpc) is 3.42. The van der Waals surface area contributed by atoms with Gasteiger partial charge in [-0.1, -0.05) is 61.3 Å². The van der Waals surface area contributed by atoms with Crippen LogP contribution in [-0.2, 0) is 17.4 Å². The third-order valence-electron chi connectivity index (χ3n) is 7.97. The number of Topliss-reactive ketones (excluding diaryl/α,β-unsaturated/α-hetero) is 1. The molecule has 4 aromatic carbocycles. The minimum Gasteiger partial charge on any atom is -0.481 e. The summed E-state index contributed by atoms with van der Waals surface area (Å²) in [5.74, 6) is -1.88. The molecule has 6 nitrogen and oxygen atoms in total. The summed E-state index contributed by atoms with van der Waals surface area (Å²) in [6.45, 7) is 2.02. The number of carboxylic acid groups (broad SMARTS) is 1. The molecule has 1 atom stereocenters. The summed E-state index contributed by atoms with van der Waals surface area (Å²) in [5, 5.41) is 12.6. The first-order valence-electron chi connectivity index (χ1n) is 15.2. The normalized spacial score (nSPS) is 12.2. The number of aromatic nitrogens is 1. The number of rotatable bonds is 12. The number of carbonyl (C=O) groups excluding carboxylic acids is 2. The quantitative estimate of drug-likeness (QED) is 0.131. The van der Waals surface area contributed by atoms with Crippen molar-refractivity contribution in [1.29, 1.82) is 0 Å². The fraction of sp³-hybridized carbons (Fsp3) is 0.216. The van der Waals surface area contributed by atoms with Crippen LogP contribution in [0.1, 0.15) is 58.2 Å². The highest BCUT2D eigenvalue weighted by Crippen LogP contribution is 2.34. The SMILES string of the molecule is CCCC(Cc1ccc(C(=O)NCCC(=O)O)cc1)C(=O)c1cc2cc(Cl)ccc2n1-c1cccc(-c2cccc(C(F)(F)F)c2)c1. The lowest BCUT2D eigenvalue weighted by molar-refractivity contribution is -0.138. The van der Waals surface area contributed by atoms with Crippen molar-refractivity contribution in [3.63, 3.8) is 0 Å². The largest absolute Gasteiger partial charge is 0.481 e. The number of nitrogens with one attached hydrogen (secondary N) is 1. The standard InChI is InChI=1S/C37H32ClF3N2O4/c1-2-5-27(18-23-10-12-24(13-11-23)36(47)42-17-16-34(44)45)35(46)33-22-28-20-30(38)14-15-32(28)43(33)31-9-4-7-26(21-31)25-6-3-8-29(19-25)37(39,40)41/h3-4,6-15,19-22,27H,2,5,16-18H2,1H3,(H,42,47)(H,44,45). The van der Waals surface area contributed by atoms with Gasteiger partial charge in [-0.2, -0.15) is 13.2 Å². The smallest absolute Gasteiger partial charge is 0.416 e. The summed E-state index contributed by atoms with van der Waals surface area (Å²) in [7, 11) is 0. The average molecular weight is 661 g/mol. The van der Waals surface area contributed by atoms with Crippen molar-refractivity contribution in [2.45, 2.75) is 38.8 Å². The molecule has 0 aliphatic heterocycles.